The fourth-order valence-electron chi connectivity index (χ4n) is 6.83. The van der Waals surface area contributed by atoms with Crippen LogP contribution in [0.2, 0.25) is 0 Å². The van der Waals surface area contributed by atoms with Gasteiger partial charge < -0.3 is 18.9 Å². The molecule has 0 unspecified atom stereocenters. The van der Waals surface area contributed by atoms with Gasteiger partial charge >= 0.3 is 5.97 Å². The number of methoxy groups -OCH3 is 1. The quantitative estimate of drug-likeness (QED) is 0.363. The molecule has 0 radical (unpaired) electrons. The van der Waals surface area contributed by atoms with E-state index in [1.165, 1.54) is 18.1 Å². The summed E-state index contributed by atoms with van der Waals surface area (Å²) in [5.74, 6) is 2.08. The summed E-state index contributed by atoms with van der Waals surface area (Å²) in [6.07, 6.45) is 5.46. The third-order valence-electron chi connectivity index (χ3n) is 8.04. The third kappa shape index (κ3) is 2.75. The molecule has 6 heteroatoms. The molecule has 1 aromatic carbocycles. The van der Waals surface area contributed by atoms with Gasteiger partial charge in [-0.1, -0.05) is 22.9 Å². The molecule has 1 heterocycles. The highest BCUT2D eigenvalue weighted by Crippen LogP contribution is 2.67. The Kier molecular flexibility index (Phi) is 4.76. The Hall–Kier alpha value is -1.11. The van der Waals surface area contributed by atoms with Crippen molar-refractivity contribution in [1.29, 1.82) is 0 Å². The zero-order valence-electron chi connectivity index (χ0n) is 17.3. The molecule has 1 saturated heterocycles. The van der Waals surface area contributed by atoms with E-state index in [1.807, 2.05) is 6.07 Å². The van der Waals surface area contributed by atoms with Crippen molar-refractivity contribution in [2.24, 2.45) is 17.3 Å². The first-order chi connectivity index (χ1) is 13.9. The summed E-state index contributed by atoms with van der Waals surface area (Å²) in [5, 5.41) is 0. The summed E-state index contributed by atoms with van der Waals surface area (Å²) in [6, 6.07) is 4.14. The van der Waals surface area contributed by atoms with E-state index in [0.29, 0.717) is 42.5 Å². The molecular formula is C23H29BrO5. The van der Waals surface area contributed by atoms with Gasteiger partial charge in [0.05, 0.1) is 25.2 Å². The number of aryl methyl sites for hydroxylation is 1. The standard InChI is InChI=1S/C23H29BrO5/c1-13(25)29-20-10-14-4-5-16-15(17(14)11-19(20)26-3)6-7-22(2)18(16)12-21(24)23(22)27-8-9-28-23/h10-11,15-16,18,21H,4-9,12H2,1-3H3/t15-,16+,18-,21+,22-/m0/s1. The molecule has 29 heavy (non-hydrogen) atoms. The highest BCUT2D eigenvalue weighted by molar-refractivity contribution is 9.09. The molecular weight excluding hydrogens is 436 g/mol. The molecule has 158 valence electrons. The van der Waals surface area contributed by atoms with Gasteiger partial charge in [0.25, 0.3) is 0 Å². The third-order valence-corrected chi connectivity index (χ3v) is 9.01. The van der Waals surface area contributed by atoms with E-state index in [9.17, 15) is 4.79 Å². The molecule has 2 saturated carbocycles. The lowest BCUT2D eigenvalue weighted by Gasteiger charge is -2.53. The van der Waals surface area contributed by atoms with Gasteiger partial charge in [0, 0.05) is 12.3 Å². The molecule has 3 fully saturated rings. The number of rotatable bonds is 2. The Morgan fingerprint density at radius 3 is 2.66 bits per heavy atom. The number of hydrogen-bond donors (Lipinski definition) is 0. The first kappa shape index (κ1) is 19.8. The number of ether oxygens (including phenoxy) is 4. The average molecular weight is 465 g/mol. The van der Waals surface area contributed by atoms with Crippen LogP contribution in [0.25, 0.3) is 0 Å². The lowest BCUT2D eigenvalue weighted by atomic mass is 9.55. The molecule has 0 amide bonds. The molecule has 0 aromatic heterocycles. The van der Waals surface area contributed by atoms with Crippen molar-refractivity contribution < 1.29 is 23.7 Å². The molecule has 5 nitrogen and oxygen atoms in total. The van der Waals surface area contributed by atoms with Crippen LogP contribution in [0.5, 0.6) is 11.5 Å². The Bertz CT molecular complexity index is 833. The van der Waals surface area contributed by atoms with Crippen LogP contribution in [-0.4, -0.2) is 36.9 Å². The van der Waals surface area contributed by atoms with Crippen molar-refractivity contribution in [2.45, 2.75) is 62.5 Å². The Labute approximate surface area is 180 Å². The number of fused-ring (bicyclic) bond motifs is 6. The second-order valence-corrected chi connectivity index (χ2v) is 10.3. The van der Waals surface area contributed by atoms with Crippen molar-refractivity contribution in [3.05, 3.63) is 23.3 Å². The summed E-state index contributed by atoms with van der Waals surface area (Å²) in [5.41, 5.74) is 2.71. The van der Waals surface area contributed by atoms with Crippen molar-refractivity contribution in [1.82, 2.24) is 0 Å². The largest absolute Gasteiger partial charge is 0.493 e. The number of benzene rings is 1. The Morgan fingerprint density at radius 2 is 1.97 bits per heavy atom. The summed E-state index contributed by atoms with van der Waals surface area (Å²) >= 11 is 3.93. The van der Waals surface area contributed by atoms with Crippen LogP contribution in [0, 0.1) is 17.3 Å². The van der Waals surface area contributed by atoms with Crippen molar-refractivity contribution in [3.8, 4) is 11.5 Å². The van der Waals surface area contributed by atoms with E-state index in [4.69, 9.17) is 18.9 Å². The summed E-state index contributed by atoms with van der Waals surface area (Å²) in [7, 11) is 1.64. The van der Waals surface area contributed by atoms with Gasteiger partial charge in [0.1, 0.15) is 0 Å². The van der Waals surface area contributed by atoms with Crippen LogP contribution in [0.1, 0.15) is 56.6 Å². The predicted octanol–water partition coefficient (Wildman–Crippen LogP) is 4.59. The molecule has 1 spiro atoms. The monoisotopic (exact) mass is 464 g/mol. The molecule has 4 aliphatic rings. The van der Waals surface area contributed by atoms with Gasteiger partial charge in [-0.15, -0.1) is 0 Å². The van der Waals surface area contributed by atoms with E-state index in [1.54, 1.807) is 7.11 Å². The minimum absolute atomic E-state index is 0.0398. The fourth-order valence-corrected chi connectivity index (χ4v) is 8.02. The smallest absolute Gasteiger partial charge is 0.308 e. The number of hydrogen-bond acceptors (Lipinski definition) is 5. The lowest BCUT2D eigenvalue weighted by molar-refractivity contribution is -0.233. The maximum atomic E-state index is 11.5. The van der Waals surface area contributed by atoms with Crippen LogP contribution in [0.4, 0.5) is 0 Å². The lowest BCUT2D eigenvalue weighted by Crippen LogP contribution is -2.53. The van der Waals surface area contributed by atoms with Gasteiger partial charge in [0.2, 0.25) is 0 Å². The van der Waals surface area contributed by atoms with E-state index in [2.05, 4.69) is 28.9 Å². The summed E-state index contributed by atoms with van der Waals surface area (Å²) in [4.78, 5) is 11.7. The van der Waals surface area contributed by atoms with Gasteiger partial charge in [-0.2, -0.15) is 0 Å². The topological polar surface area (TPSA) is 54.0 Å². The number of alkyl halides is 1. The van der Waals surface area contributed by atoms with Gasteiger partial charge in [-0.05, 0) is 73.1 Å². The molecule has 5 atom stereocenters. The number of carbonyl (C=O) groups excluding carboxylic acids is 1. The normalized spacial score (nSPS) is 37.0. The van der Waals surface area contributed by atoms with Crippen LogP contribution in [0.15, 0.2) is 12.1 Å². The Balaban J connectivity index is 1.50. The maximum absolute atomic E-state index is 11.5. The maximum Gasteiger partial charge on any atom is 0.308 e. The van der Waals surface area contributed by atoms with E-state index < -0.39 is 5.79 Å². The van der Waals surface area contributed by atoms with Crippen molar-refractivity contribution in [3.63, 3.8) is 0 Å². The van der Waals surface area contributed by atoms with Crippen molar-refractivity contribution in [2.75, 3.05) is 20.3 Å². The highest BCUT2D eigenvalue weighted by atomic mass is 79.9. The molecule has 3 aliphatic carbocycles. The number of halogens is 1. The summed E-state index contributed by atoms with van der Waals surface area (Å²) in [6.45, 7) is 5.20. The van der Waals surface area contributed by atoms with E-state index >= 15 is 0 Å². The van der Waals surface area contributed by atoms with E-state index in [-0.39, 0.29) is 16.2 Å². The molecule has 0 bridgehead atoms. The van der Waals surface area contributed by atoms with Gasteiger partial charge in [-0.25, -0.2) is 0 Å². The van der Waals surface area contributed by atoms with Crippen LogP contribution in [-0.2, 0) is 20.7 Å². The van der Waals surface area contributed by atoms with Crippen LogP contribution >= 0.6 is 15.9 Å². The minimum Gasteiger partial charge on any atom is -0.493 e. The average Bonchev–Trinajstić information content (AvgIpc) is 3.27. The molecule has 1 aromatic rings. The second-order valence-electron chi connectivity index (χ2n) is 9.23. The zero-order valence-corrected chi connectivity index (χ0v) is 18.9. The molecule has 0 N–H and O–H groups in total. The minimum atomic E-state index is -0.472. The highest BCUT2D eigenvalue weighted by Gasteiger charge is 2.68. The summed E-state index contributed by atoms with van der Waals surface area (Å²) < 4.78 is 23.5. The van der Waals surface area contributed by atoms with Crippen molar-refractivity contribution >= 4 is 21.9 Å². The number of carbonyl (C=O) groups is 1. The van der Waals surface area contributed by atoms with E-state index in [0.717, 1.165) is 32.1 Å². The first-order valence-corrected chi connectivity index (χ1v) is 11.6. The zero-order chi connectivity index (χ0) is 20.4. The second kappa shape index (κ2) is 6.96. The SMILES string of the molecule is COc1cc2c(cc1OC(C)=O)CC[C@@H]1[C@@H]2CC[C@@]2(C)[C@H]1C[C@@H](Br)C21OCCO1. The molecule has 5 rings (SSSR count). The van der Waals surface area contributed by atoms with Gasteiger partial charge in [0.15, 0.2) is 17.3 Å². The van der Waals surface area contributed by atoms with Crippen LogP contribution < -0.4 is 9.47 Å². The predicted molar refractivity (Wildman–Crippen MR) is 112 cm³/mol. The number of esters is 1. The molecule has 1 aliphatic heterocycles. The van der Waals surface area contributed by atoms with Gasteiger partial charge in [-0.3, -0.25) is 4.79 Å². The fraction of sp³-hybridized carbons (Fsp3) is 0.696. The first-order valence-electron chi connectivity index (χ1n) is 10.7. The Morgan fingerprint density at radius 1 is 1.21 bits per heavy atom. The van der Waals surface area contributed by atoms with Crippen LogP contribution in [0.3, 0.4) is 0 Å².